The summed E-state index contributed by atoms with van der Waals surface area (Å²) in [7, 11) is 1.35. The number of benzene rings is 1. The van der Waals surface area contributed by atoms with Gasteiger partial charge in [0.25, 0.3) is 0 Å². The van der Waals surface area contributed by atoms with Gasteiger partial charge in [-0.15, -0.1) is 11.3 Å². The molecule has 168 valence electrons. The molecule has 32 heavy (non-hydrogen) atoms. The molecule has 1 aromatic heterocycles. The van der Waals surface area contributed by atoms with Gasteiger partial charge in [-0.1, -0.05) is 17.7 Å². The average molecular weight is 476 g/mol. The van der Waals surface area contributed by atoms with Gasteiger partial charge in [-0.2, -0.15) is 0 Å². The molecular formula is C24H23ClFNO4S. The molecule has 0 saturated heterocycles. The van der Waals surface area contributed by atoms with Crippen LogP contribution in [-0.4, -0.2) is 18.9 Å². The van der Waals surface area contributed by atoms with E-state index in [4.69, 9.17) is 21.1 Å². The number of nitrogens with one attached hydrogen (secondary N) is 1. The molecule has 0 spiro atoms. The molecule has 2 atom stereocenters. The number of aryl methyl sites for hydroxylation is 1. The Hall–Kier alpha value is -2.64. The van der Waals surface area contributed by atoms with Crippen molar-refractivity contribution >= 4 is 34.7 Å². The molecule has 0 fully saturated rings. The summed E-state index contributed by atoms with van der Waals surface area (Å²) in [5, 5.41) is 3.45. The molecule has 4 rings (SSSR count). The number of carbonyl (C=O) groups excluding carboxylic acids is 2. The van der Waals surface area contributed by atoms with Gasteiger partial charge in [0.05, 0.1) is 23.6 Å². The lowest BCUT2D eigenvalue weighted by Crippen LogP contribution is -2.40. The second-order valence-corrected chi connectivity index (χ2v) is 9.56. The predicted octanol–water partition coefficient (Wildman–Crippen LogP) is 5.42. The van der Waals surface area contributed by atoms with E-state index in [1.807, 2.05) is 26.0 Å². The van der Waals surface area contributed by atoms with Crippen molar-refractivity contribution in [3.63, 3.8) is 0 Å². The number of rotatable bonds is 5. The summed E-state index contributed by atoms with van der Waals surface area (Å²) in [4.78, 5) is 27.5. The molecule has 0 amide bonds. The zero-order valence-corrected chi connectivity index (χ0v) is 19.5. The third kappa shape index (κ3) is 4.19. The Morgan fingerprint density at radius 3 is 2.78 bits per heavy atom. The zero-order valence-electron chi connectivity index (χ0n) is 18.0. The van der Waals surface area contributed by atoms with Gasteiger partial charge in [-0.3, -0.25) is 4.79 Å². The van der Waals surface area contributed by atoms with Crippen LogP contribution in [0, 0.1) is 18.7 Å². The molecule has 0 bridgehead atoms. The summed E-state index contributed by atoms with van der Waals surface area (Å²) in [5.41, 5.74) is 2.93. The second-order valence-electron chi connectivity index (χ2n) is 7.87. The number of Topliss-reactive ketones (excluding diaryl/α,β-unsaturated/α-hetero) is 1. The quantitative estimate of drug-likeness (QED) is 0.584. The molecule has 1 aliphatic heterocycles. The minimum atomic E-state index is -0.445. The number of hydrogen-bond donors (Lipinski definition) is 1. The molecule has 0 radical (unpaired) electrons. The number of esters is 1. The maximum Gasteiger partial charge on any atom is 0.336 e. The normalized spacial score (nSPS) is 20.4. The van der Waals surface area contributed by atoms with Gasteiger partial charge >= 0.3 is 5.97 Å². The molecule has 1 N–H and O–H groups in total. The molecular weight excluding hydrogens is 453 g/mol. The molecule has 1 aliphatic carbocycles. The lowest BCUT2D eigenvalue weighted by molar-refractivity contribution is -0.136. The number of fused-ring (bicyclic) bond motifs is 1. The lowest BCUT2D eigenvalue weighted by Gasteiger charge is -2.37. The van der Waals surface area contributed by atoms with E-state index in [0.717, 1.165) is 21.0 Å². The number of ketones is 1. The van der Waals surface area contributed by atoms with Crippen molar-refractivity contribution in [1.82, 2.24) is 5.32 Å². The third-order valence-electron chi connectivity index (χ3n) is 5.85. The van der Waals surface area contributed by atoms with E-state index < -0.39 is 23.6 Å². The zero-order chi connectivity index (χ0) is 23.0. The van der Waals surface area contributed by atoms with Crippen LogP contribution in [0.25, 0.3) is 0 Å². The van der Waals surface area contributed by atoms with Crippen LogP contribution >= 0.6 is 22.9 Å². The number of ether oxygens (including phenoxy) is 2. The first-order chi connectivity index (χ1) is 15.3. The Balaban J connectivity index is 1.69. The summed E-state index contributed by atoms with van der Waals surface area (Å²) in [6, 6.07) is 5.97. The van der Waals surface area contributed by atoms with Crippen molar-refractivity contribution in [3.05, 3.63) is 73.5 Å². The number of hydrogen-bond acceptors (Lipinski definition) is 6. The highest BCUT2D eigenvalue weighted by molar-refractivity contribution is 7.12. The fourth-order valence-electron chi connectivity index (χ4n) is 4.29. The molecule has 8 heteroatoms. The number of halogens is 2. The molecule has 2 heterocycles. The Morgan fingerprint density at radius 1 is 1.28 bits per heavy atom. The first-order valence-electron chi connectivity index (χ1n) is 10.3. The third-order valence-corrected chi connectivity index (χ3v) is 7.32. The maximum absolute atomic E-state index is 13.3. The van der Waals surface area contributed by atoms with Gasteiger partial charge in [0.15, 0.2) is 0 Å². The Labute approximate surface area is 194 Å². The van der Waals surface area contributed by atoms with Crippen LogP contribution in [0.2, 0.25) is 5.02 Å². The van der Waals surface area contributed by atoms with Gasteiger partial charge in [0.2, 0.25) is 0 Å². The summed E-state index contributed by atoms with van der Waals surface area (Å²) in [6.45, 7) is 4.03. The van der Waals surface area contributed by atoms with Crippen molar-refractivity contribution in [1.29, 1.82) is 0 Å². The first kappa shape index (κ1) is 22.6. The van der Waals surface area contributed by atoms with Gasteiger partial charge < -0.3 is 14.8 Å². The van der Waals surface area contributed by atoms with Gasteiger partial charge in [0.1, 0.15) is 24.0 Å². The Morgan fingerprint density at radius 2 is 2.06 bits per heavy atom. The number of allylic oxidation sites excluding steroid dienone is 3. The second kappa shape index (κ2) is 9.08. The van der Waals surface area contributed by atoms with Crippen LogP contribution < -0.4 is 10.1 Å². The first-order valence-corrected chi connectivity index (χ1v) is 11.5. The molecule has 2 aromatic rings. The van der Waals surface area contributed by atoms with Crippen molar-refractivity contribution in [2.24, 2.45) is 5.92 Å². The SMILES string of the molecule is COC(=O)C1=C(C)NC2=CCCC(=O)C2C1c1cc(COc2ccc(F)cc2Cl)c(C)s1. The van der Waals surface area contributed by atoms with Crippen LogP contribution in [0.3, 0.4) is 0 Å². The molecule has 2 aliphatic rings. The molecule has 1 aromatic carbocycles. The van der Waals surface area contributed by atoms with Crippen LogP contribution in [-0.2, 0) is 20.9 Å². The van der Waals surface area contributed by atoms with E-state index >= 15 is 0 Å². The Bertz CT molecular complexity index is 1150. The minimum Gasteiger partial charge on any atom is -0.487 e. The summed E-state index contributed by atoms with van der Waals surface area (Å²) in [6.07, 6.45) is 3.17. The smallest absolute Gasteiger partial charge is 0.336 e. The van der Waals surface area contributed by atoms with Gasteiger partial charge in [-0.05, 0) is 44.5 Å². The van der Waals surface area contributed by atoms with E-state index in [9.17, 15) is 14.0 Å². The standard InChI is InChI=1S/C24H23ClFNO4S/c1-12-21(24(29)30-3)23(22-17(27-12)5-4-6-18(22)28)20-9-14(13(2)32-20)11-31-19-8-7-15(26)10-16(19)25/h5,7-10,22-23,27H,4,6,11H2,1-3H3. The largest absolute Gasteiger partial charge is 0.487 e. The van der Waals surface area contributed by atoms with Crippen molar-refractivity contribution < 1.29 is 23.5 Å². The topological polar surface area (TPSA) is 64.6 Å². The van der Waals surface area contributed by atoms with Crippen molar-refractivity contribution in [2.75, 3.05) is 7.11 Å². The lowest BCUT2D eigenvalue weighted by atomic mass is 9.73. The highest BCUT2D eigenvalue weighted by atomic mass is 35.5. The van der Waals surface area contributed by atoms with Crippen LogP contribution in [0.4, 0.5) is 4.39 Å². The fourth-order valence-corrected chi connectivity index (χ4v) is 5.70. The molecule has 2 unspecified atom stereocenters. The summed E-state index contributed by atoms with van der Waals surface area (Å²) in [5.74, 6) is -1.24. The van der Waals surface area contributed by atoms with Crippen LogP contribution in [0.5, 0.6) is 5.75 Å². The van der Waals surface area contributed by atoms with Crippen molar-refractivity contribution in [3.8, 4) is 5.75 Å². The predicted molar refractivity (Wildman–Crippen MR) is 121 cm³/mol. The highest BCUT2D eigenvalue weighted by Crippen LogP contribution is 2.46. The molecule has 0 saturated carbocycles. The Kier molecular flexibility index (Phi) is 6.40. The van der Waals surface area contributed by atoms with Gasteiger partial charge in [0, 0.05) is 39.1 Å². The number of carbonyl (C=O) groups is 2. The summed E-state index contributed by atoms with van der Waals surface area (Å²) >= 11 is 7.60. The summed E-state index contributed by atoms with van der Waals surface area (Å²) < 4.78 is 24.2. The fraction of sp³-hybridized carbons (Fsp3) is 0.333. The van der Waals surface area contributed by atoms with E-state index in [0.29, 0.717) is 29.9 Å². The van der Waals surface area contributed by atoms with Gasteiger partial charge in [-0.25, -0.2) is 9.18 Å². The van der Waals surface area contributed by atoms with Crippen LogP contribution in [0.1, 0.15) is 41.0 Å². The van der Waals surface area contributed by atoms with Crippen molar-refractivity contribution in [2.45, 2.75) is 39.2 Å². The monoisotopic (exact) mass is 475 g/mol. The average Bonchev–Trinajstić information content (AvgIpc) is 3.12. The van der Waals surface area contributed by atoms with E-state index in [-0.39, 0.29) is 17.4 Å². The number of methoxy groups -OCH3 is 1. The number of thiophene rings is 1. The molecule has 5 nitrogen and oxygen atoms in total. The van der Waals surface area contributed by atoms with E-state index in [2.05, 4.69) is 5.32 Å². The van der Waals surface area contributed by atoms with E-state index in [1.165, 1.54) is 36.6 Å². The highest BCUT2D eigenvalue weighted by Gasteiger charge is 2.44. The minimum absolute atomic E-state index is 0.107. The van der Waals surface area contributed by atoms with Crippen LogP contribution in [0.15, 0.2) is 47.3 Å². The maximum atomic E-state index is 13.3. The van der Waals surface area contributed by atoms with E-state index in [1.54, 1.807) is 0 Å².